The van der Waals surface area contributed by atoms with E-state index in [2.05, 4.69) is 0 Å². The van der Waals surface area contributed by atoms with Crippen LogP contribution in [-0.2, 0) is 10.0 Å². The van der Waals surface area contributed by atoms with E-state index < -0.39 is 16.1 Å². The summed E-state index contributed by atoms with van der Waals surface area (Å²) in [5.74, 6) is 0.475. The van der Waals surface area contributed by atoms with Gasteiger partial charge in [-0.15, -0.1) is 0 Å². The molecule has 1 saturated heterocycles. The van der Waals surface area contributed by atoms with Crippen molar-refractivity contribution in [1.82, 2.24) is 9.21 Å². The van der Waals surface area contributed by atoms with E-state index in [4.69, 9.17) is 4.74 Å². The maximum absolute atomic E-state index is 12.9. The van der Waals surface area contributed by atoms with Gasteiger partial charge in [-0.3, -0.25) is 0 Å². The van der Waals surface area contributed by atoms with Crippen LogP contribution >= 0.6 is 0 Å². The number of sulfonamides is 1. The predicted molar refractivity (Wildman–Crippen MR) is 98.7 cm³/mol. The van der Waals surface area contributed by atoms with Gasteiger partial charge in [0, 0.05) is 26.2 Å². The maximum Gasteiger partial charge on any atom is 0.415 e. The minimum absolute atomic E-state index is 0.250. The molecular weight excluding hydrogens is 352 g/mol. The number of hydrogen-bond donors (Lipinski definition) is 0. The number of rotatable bonds is 3. The van der Waals surface area contributed by atoms with E-state index in [1.807, 2.05) is 19.1 Å². The molecule has 6 nitrogen and oxygen atoms in total. The van der Waals surface area contributed by atoms with Gasteiger partial charge in [-0.05, 0) is 37.6 Å². The SMILES string of the molecule is Cc1ccc(S(=O)(=O)N2CCN(C(=O)Oc3ccccc3)CC2)c(C)c1. The Morgan fingerprint density at radius 1 is 0.962 bits per heavy atom. The summed E-state index contributed by atoms with van der Waals surface area (Å²) in [4.78, 5) is 14.1. The van der Waals surface area contributed by atoms with Crippen molar-refractivity contribution >= 4 is 16.1 Å². The first-order valence-corrected chi connectivity index (χ1v) is 9.91. The quantitative estimate of drug-likeness (QED) is 0.829. The van der Waals surface area contributed by atoms with Crippen LogP contribution in [0.3, 0.4) is 0 Å². The zero-order chi connectivity index (χ0) is 18.7. The summed E-state index contributed by atoms with van der Waals surface area (Å²) >= 11 is 0. The minimum atomic E-state index is -3.56. The Morgan fingerprint density at radius 3 is 2.23 bits per heavy atom. The summed E-state index contributed by atoms with van der Waals surface area (Å²) in [7, 11) is -3.56. The van der Waals surface area contributed by atoms with Crippen molar-refractivity contribution in [2.75, 3.05) is 26.2 Å². The van der Waals surface area contributed by atoms with Gasteiger partial charge in [-0.25, -0.2) is 13.2 Å². The first-order chi connectivity index (χ1) is 12.4. The standard InChI is InChI=1S/C19H22N2O4S/c1-15-8-9-18(16(2)14-15)26(23,24)21-12-10-20(11-13-21)19(22)25-17-6-4-3-5-7-17/h3-9,14H,10-13H2,1-2H3. The largest absolute Gasteiger partial charge is 0.415 e. The van der Waals surface area contributed by atoms with Crippen molar-refractivity contribution in [2.24, 2.45) is 0 Å². The Morgan fingerprint density at radius 2 is 1.62 bits per heavy atom. The van der Waals surface area contributed by atoms with E-state index in [9.17, 15) is 13.2 Å². The third kappa shape index (κ3) is 3.89. The number of benzene rings is 2. The smallest absolute Gasteiger partial charge is 0.410 e. The van der Waals surface area contributed by atoms with Gasteiger partial charge < -0.3 is 9.64 Å². The molecule has 0 bridgehead atoms. The lowest BCUT2D eigenvalue weighted by Gasteiger charge is -2.33. The third-order valence-electron chi connectivity index (χ3n) is 4.39. The molecule has 1 aliphatic rings. The number of para-hydroxylation sites is 1. The second-order valence-corrected chi connectivity index (χ2v) is 8.25. The molecule has 1 aliphatic heterocycles. The average Bonchev–Trinajstić information content (AvgIpc) is 2.62. The highest BCUT2D eigenvalue weighted by atomic mass is 32.2. The van der Waals surface area contributed by atoms with Crippen LogP contribution in [0.2, 0.25) is 0 Å². The van der Waals surface area contributed by atoms with E-state index in [1.54, 1.807) is 43.3 Å². The number of aryl methyl sites for hydroxylation is 2. The number of nitrogens with zero attached hydrogens (tertiary/aromatic N) is 2. The Hall–Kier alpha value is -2.38. The first-order valence-electron chi connectivity index (χ1n) is 8.47. The van der Waals surface area contributed by atoms with Crippen LogP contribution in [-0.4, -0.2) is 49.9 Å². The fourth-order valence-corrected chi connectivity index (χ4v) is 4.62. The molecule has 2 aromatic carbocycles. The molecule has 0 atom stereocenters. The highest BCUT2D eigenvalue weighted by molar-refractivity contribution is 7.89. The normalized spacial score (nSPS) is 15.7. The molecule has 0 aromatic heterocycles. The summed E-state index contributed by atoms with van der Waals surface area (Å²) < 4.78 is 32.5. The molecule has 138 valence electrons. The molecule has 0 unspecified atom stereocenters. The summed E-state index contributed by atoms with van der Waals surface area (Å²) in [5, 5.41) is 0. The predicted octanol–water partition coefficient (Wildman–Crippen LogP) is 2.81. The van der Waals surface area contributed by atoms with Crippen molar-refractivity contribution in [3.05, 3.63) is 59.7 Å². The van der Waals surface area contributed by atoms with Crippen molar-refractivity contribution in [2.45, 2.75) is 18.7 Å². The molecule has 3 rings (SSSR count). The monoisotopic (exact) mass is 374 g/mol. The van der Waals surface area contributed by atoms with E-state index in [0.29, 0.717) is 23.7 Å². The fraction of sp³-hybridized carbons (Fsp3) is 0.316. The van der Waals surface area contributed by atoms with Crippen LogP contribution in [0.1, 0.15) is 11.1 Å². The number of carbonyl (C=O) groups excluding carboxylic acids is 1. The molecule has 0 radical (unpaired) electrons. The Labute approximate surface area is 154 Å². The highest BCUT2D eigenvalue weighted by Gasteiger charge is 2.31. The van der Waals surface area contributed by atoms with E-state index in [0.717, 1.165) is 11.1 Å². The Kier molecular flexibility index (Phi) is 5.29. The topological polar surface area (TPSA) is 66.9 Å². The van der Waals surface area contributed by atoms with Gasteiger partial charge in [0.15, 0.2) is 0 Å². The Bertz CT molecular complexity index is 889. The molecule has 0 N–H and O–H groups in total. The highest BCUT2D eigenvalue weighted by Crippen LogP contribution is 2.22. The molecule has 1 heterocycles. The van der Waals surface area contributed by atoms with E-state index >= 15 is 0 Å². The van der Waals surface area contributed by atoms with Crippen molar-refractivity contribution in [3.63, 3.8) is 0 Å². The van der Waals surface area contributed by atoms with Crippen molar-refractivity contribution < 1.29 is 17.9 Å². The minimum Gasteiger partial charge on any atom is -0.410 e. The summed E-state index contributed by atoms with van der Waals surface area (Å²) in [6.07, 6.45) is -0.459. The molecule has 0 aliphatic carbocycles. The lowest BCUT2D eigenvalue weighted by atomic mass is 10.2. The first kappa shape index (κ1) is 18.4. The number of hydrogen-bond acceptors (Lipinski definition) is 4. The summed E-state index contributed by atoms with van der Waals surface area (Å²) in [5.41, 5.74) is 1.76. The molecule has 7 heteroatoms. The van der Waals surface area contributed by atoms with Gasteiger partial charge in [0.05, 0.1) is 4.90 Å². The molecule has 26 heavy (non-hydrogen) atoms. The van der Waals surface area contributed by atoms with Crippen LogP contribution < -0.4 is 4.74 Å². The third-order valence-corrected chi connectivity index (χ3v) is 6.45. The molecule has 0 spiro atoms. The van der Waals surface area contributed by atoms with Gasteiger partial charge in [0.25, 0.3) is 0 Å². The van der Waals surface area contributed by atoms with Crippen LogP contribution in [0, 0.1) is 13.8 Å². The van der Waals surface area contributed by atoms with Crippen LogP contribution in [0.15, 0.2) is 53.4 Å². The lowest BCUT2D eigenvalue weighted by molar-refractivity contribution is 0.132. The van der Waals surface area contributed by atoms with Gasteiger partial charge in [0.2, 0.25) is 10.0 Å². The number of carbonyl (C=O) groups is 1. The summed E-state index contributed by atoms with van der Waals surface area (Å²) in [6.45, 7) is 4.83. The molecule has 1 fully saturated rings. The second-order valence-electron chi connectivity index (χ2n) is 6.34. The number of piperazine rings is 1. The Balaban J connectivity index is 1.65. The molecular formula is C19H22N2O4S. The van der Waals surface area contributed by atoms with Crippen LogP contribution in [0.5, 0.6) is 5.75 Å². The molecule has 2 aromatic rings. The van der Waals surface area contributed by atoms with Crippen molar-refractivity contribution in [3.8, 4) is 5.75 Å². The van der Waals surface area contributed by atoms with Crippen molar-refractivity contribution in [1.29, 1.82) is 0 Å². The zero-order valence-corrected chi connectivity index (χ0v) is 15.7. The molecule has 0 saturated carbocycles. The maximum atomic E-state index is 12.9. The molecule has 1 amide bonds. The number of ether oxygens (including phenoxy) is 1. The van der Waals surface area contributed by atoms with Crippen LogP contribution in [0.4, 0.5) is 4.79 Å². The lowest BCUT2D eigenvalue weighted by Crippen LogP contribution is -2.51. The zero-order valence-electron chi connectivity index (χ0n) is 14.9. The van der Waals surface area contributed by atoms with Gasteiger partial charge in [-0.2, -0.15) is 4.31 Å². The second kappa shape index (κ2) is 7.47. The fourth-order valence-electron chi connectivity index (χ4n) is 2.99. The van der Waals surface area contributed by atoms with E-state index in [-0.39, 0.29) is 13.1 Å². The van der Waals surface area contributed by atoms with Gasteiger partial charge in [0.1, 0.15) is 5.75 Å². The van der Waals surface area contributed by atoms with Gasteiger partial charge in [-0.1, -0.05) is 35.9 Å². The summed E-state index contributed by atoms with van der Waals surface area (Å²) in [6, 6.07) is 14.1. The van der Waals surface area contributed by atoms with E-state index in [1.165, 1.54) is 9.21 Å². The average molecular weight is 374 g/mol. The van der Waals surface area contributed by atoms with Gasteiger partial charge >= 0.3 is 6.09 Å². The van der Waals surface area contributed by atoms with Crippen LogP contribution in [0.25, 0.3) is 0 Å². The number of amides is 1.